The van der Waals surface area contributed by atoms with Crippen LogP contribution in [0.4, 0.5) is 0 Å². The molecule has 1 aromatic rings. The lowest BCUT2D eigenvalue weighted by Gasteiger charge is -2.03. The fraction of sp³-hybridized carbons (Fsp3) is 0.500. The minimum atomic E-state index is 0.561. The Bertz CT molecular complexity index is 209. The van der Waals surface area contributed by atoms with Gasteiger partial charge in [0.2, 0.25) is 0 Å². The highest BCUT2D eigenvalue weighted by molar-refractivity contribution is 7.11. The van der Waals surface area contributed by atoms with Gasteiger partial charge in [-0.15, -0.1) is 11.3 Å². The Kier molecular flexibility index (Phi) is 2.37. The number of aromatic nitrogens is 1. The molecule has 10 heavy (non-hydrogen) atoms. The van der Waals surface area contributed by atoms with Crippen LogP contribution in [0.2, 0.25) is 0 Å². The van der Waals surface area contributed by atoms with E-state index >= 15 is 0 Å². The Balaban J connectivity index is 2.58. The van der Waals surface area contributed by atoms with Gasteiger partial charge in [-0.05, 0) is 6.92 Å². The molecule has 1 rings (SSSR count). The van der Waals surface area contributed by atoms with Gasteiger partial charge in [0, 0.05) is 18.1 Å². The van der Waals surface area contributed by atoms with Crippen molar-refractivity contribution in [3.05, 3.63) is 16.1 Å². The quantitative estimate of drug-likeness (QED) is 0.658. The summed E-state index contributed by atoms with van der Waals surface area (Å²) in [5.74, 6) is 0. The predicted molar refractivity (Wildman–Crippen MR) is 40.1 cm³/mol. The topological polar surface area (TPSA) is 36.4 Å². The molecule has 0 saturated carbocycles. The van der Waals surface area contributed by atoms with Gasteiger partial charge in [-0.3, -0.25) is 0 Å². The second-order valence-corrected chi connectivity index (χ2v) is 3.48. The van der Waals surface area contributed by atoms with E-state index in [1.807, 2.05) is 6.92 Å². The van der Waals surface area contributed by atoms with Crippen molar-refractivity contribution in [1.82, 2.24) is 10.0 Å². The van der Waals surface area contributed by atoms with Crippen LogP contribution in [-0.4, -0.2) is 22.3 Å². The van der Waals surface area contributed by atoms with E-state index in [4.69, 9.17) is 5.21 Å². The average Bonchev–Trinajstić information content (AvgIpc) is 2.13. The third-order valence-electron chi connectivity index (χ3n) is 1.05. The van der Waals surface area contributed by atoms with Crippen LogP contribution in [0.5, 0.6) is 0 Å². The monoisotopic (exact) mass is 158 g/mol. The highest BCUT2D eigenvalue weighted by Gasteiger charge is 1.98. The molecule has 0 aliphatic carbocycles. The van der Waals surface area contributed by atoms with Gasteiger partial charge < -0.3 is 5.21 Å². The van der Waals surface area contributed by atoms with Gasteiger partial charge in [-0.25, -0.2) is 4.98 Å². The third kappa shape index (κ3) is 2.06. The highest BCUT2D eigenvalue weighted by Crippen LogP contribution is 2.12. The van der Waals surface area contributed by atoms with Crippen molar-refractivity contribution in [3.8, 4) is 0 Å². The van der Waals surface area contributed by atoms with Crippen LogP contribution in [-0.2, 0) is 6.54 Å². The number of rotatable bonds is 2. The van der Waals surface area contributed by atoms with Crippen LogP contribution in [0.1, 0.15) is 9.88 Å². The fourth-order valence-electron chi connectivity index (χ4n) is 0.704. The van der Waals surface area contributed by atoms with E-state index in [0.29, 0.717) is 6.54 Å². The SMILES string of the molecule is Cc1ncc(CN(C)O)s1. The third-order valence-corrected chi connectivity index (χ3v) is 1.95. The molecule has 1 heterocycles. The molecule has 0 bridgehead atoms. The van der Waals surface area contributed by atoms with E-state index in [1.165, 1.54) is 0 Å². The van der Waals surface area contributed by atoms with E-state index < -0.39 is 0 Å². The van der Waals surface area contributed by atoms with Crippen LogP contribution < -0.4 is 0 Å². The summed E-state index contributed by atoms with van der Waals surface area (Å²) in [6, 6.07) is 0. The molecule has 0 amide bonds. The number of hydroxylamine groups is 2. The van der Waals surface area contributed by atoms with E-state index in [9.17, 15) is 0 Å². The maximum atomic E-state index is 8.83. The maximum absolute atomic E-state index is 8.83. The lowest BCUT2D eigenvalue weighted by molar-refractivity contribution is -0.0723. The normalized spacial score (nSPS) is 10.8. The Labute approximate surface area is 63.9 Å². The van der Waals surface area contributed by atoms with Gasteiger partial charge in [-0.1, -0.05) is 0 Å². The largest absolute Gasteiger partial charge is 0.314 e. The van der Waals surface area contributed by atoms with E-state index in [2.05, 4.69) is 4.98 Å². The molecule has 0 radical (unpaired) electrons. The van der Waals surface area contributed by atoms with Crippen molar-refractivity contribution in [2.45, 2.75) is 13.5 Å². The molecule has 0 atom stereocenters. The predicted octanol–water partition coefficient (Wildman–Crippen LogP) is 1.27. The number of hydrogen-bond acceptors (Lipinski definition) is 4. The smallest absolute Gasteiger partial charge is 0.0897 e. The standard InChI is InChI=1S/C6H10N2OS/c1-5-7-3-6(10-5)4-8(2)9/h3,9H,4H2,1-2H3. The molecule has 1 aromatic heterocycles. The second-order valence-electron chi connectivity index (χ2n) is 2.16. The van der Waals surface area contributed by atoms with Crippen molar-refractivity contribution in [1.29, 1.82) is 0 Å². The van der Waals surface area contributed by atoms with Crippen molar-refractivity contribution in [2.75, 3.05) is 7.05 Å². The molecule has 4 heteroatoms. The Morgan fingerprint density at radius 2 is 2.50 bits per heavy atom. The second kappa shape index (κ2) is 3.09. The Morgan fingerprint density at radius 1 is 1.80 bits per heavy atom. The molecule has 0 saturated heterocycles. The summed E-state index contributed by atoms with van der Waals surface area (Å²) in [4.78, 5) is 5.14. The van der Waals surface area contributed by atoms with Crippen LogP contribution in [0.15, 0.2) is 6.20 Å². The van der Waals surface area contributed by atoms with Crippen molar-refractivity contribution >= 4 is 11.3 Å². The zero-order chi connectivity index (χ0) is 7.56. The summed E-state index contributed by atoms with van der Waals surface area (Å²) in [6.45, 7) is 2.51. The number of hydrogen-bond donors (Lipinski definition) is 1. The van der Waals surface area contributed by atoms with Gasteiger partial charge in [0.15, 0.2) is 0 Å². The number of thiazole rings is 1. The zero-order valence-corrected chi connectivity index (χ0v) is 6.85. The first-order chi connectivity index (χ1) is 4.68. The molecule has 0 aromatic carbocycles. The van der Waals surface area contributed by atoms with Crippen molar-refractivity contribution in [2.24, 2.45) is 0 Å². The molecule has 0 fully saturated rings. The molecular formula is C6H10N2OS. The summed E-state index contributed by atoms with van der Waals surface area (Å²) in [5.41, 5.74) is 0. The summed E-state index contributed by atoms with van der Waals surface area (Å²) in [6.07, 6.45) is 1.78. The molecule has 0 aliphatic rings. The van der Waals surface area contributed by atoms with Crippen molar-refractivity contribution < 1.29 is 5.21 Å². The average molecular weight is 158 g/mol. The van der Waals surface area contributed by atoms with Gasteiger partial charge in [0.05, 0.1) is 11.6 Å². The van der Waals surface area contributed by atoms with E-state index in [-0.39, 0.29) is 0 Å². The molecular weight excluding hydrogens is 148 g/mol. The lowest BCUT2D eigenvalue weighted by Crippen LogP contribution is -2.10. The summed E-state index contributed by atoms with van der Waals surface area (Å²) in [5, 5.41) is 11.0. The number of aryl methyl sites for hydroxylation is 1. The van der Waals surface area contributed by atoms with Crippen LogP contribution in [0.3, 0.4) is 0 Å². The summed E-state index contributed by atoms with van der Waals surface area (Å²) >= 11 is 1.60. The zero-order valence-electron chi connectivity index (χ0n) is 6.03. The first-order valence-electron chi connectivity index (χ1n) is 3.00. The van der Waals surface area contributed by atoms with Gasteiger partial charge >= 0.3 is 0 Å². The maximum Gasteiger partial charge on any atom is 0.0897 e. The fourth-order valence-corrected chi connectivity index (χ4v) is 1.55. The van der Waals surface area contributed by atoms with E-state index in [0.717, 1.165) is 14.9 Å². The minimum absolute atomic E-state index is 0.561. The van der Waals surface area contributed by atoms with Crippen LogP contribution in [0.25, 0.3) is 0 Å². The molecule has 0 unspecified atom stereocenters. The number of nitrogens with zero attached hydrogens (tertiary/aromatic N) is 2. The van der Waals surface area contributed by atoms with Crippen molar-refractivity contribution in [3.63, 3.8) is 0 Å². The first-order valence-corrected chi connectivity index (χ1v) is 3.81. The van der Waals surface area contributed by atoms with Crippen LogP contribution in [0, 0.1) is 6.92 Å². The van der Waals surface area contributed by atoms with E-state index in [1.54, 1.807) is 24.6 Å². The van der Waals surface area contributed by atoms with Gasteiger partial charge in [-0.2, -0.15) is 5.06 Å². The molecule has 0 aliphatic heterocycles. The highest BCUT2D eigenvalue weighted by atomic mass is 32.1. The molecule has 56 valence electrons. The first kappa shape index (κ1) is 7.65. The molecule has 1 N–H and O–H groups in total. The summed E-state index contributed by atoms with van der Waals surface area (Å²) < 4.78 is 0. The molecule has 0 spiro atoms. The van der Waals surface area contributed by atoms with Crippen LogP contribution >= 0.6 is 11.3 Å². The van der Waals surface area contributed by atoms with Gasteiger partial charge in [0.25, 0.3) is 0 Å². The Hall–Kier alpha value is -0.450. The minimum Gasteiger partial charge on any atom is -0.314 e. The lowest BCUT2D eigenvalue weighted by atomic mass is 10.5. The molecule has 3 nitrogen and oxygen atoms in total. The van der Waals surface area contributed by atoms with Gasteiger partial charge in [0.1, 0.15) is 0 Å². The Morgan fingerprint density at radius 3 is 2.90 bits per heavy atom. The summed E-state index contributed by atoms with van der Waals surface area (Å²) in [7, 11) is 1.62.